The highest BCUT2D eigenvalue weighted by molar-refractivity contribution is 9.10. The Hall–Kier alpha value is -3.07. The molecule has 0 saturated carbocycles. The summed E-state index contributed by atoms with van der Waals surface area (Å²) < 4.78 is 33.4. The van der Waals surface area contributed by atoms with Crippen molar-refractivity contribution in [3.63, 3.8) is 0 Å². The fourth-order valence-electron chi connectivity index (χ4n) is 2.61. The van der Waals surface area contributed by atoms with Gasteiger partial charge < -0.3 is 10.1 Å². The molecule has 1 N–H and O–H groups in total. The number of benzene rings is 2. The van der Waals surface area contributed by atoms with Gasteiger partial charge in [0.25, 0.3) is 11.5 Å². The van der Waals surface area contributed by atoms with Gasteiger partial charge in [-0.15, -0.1) is 0 Å². The smallest absolute Gasteiger partial charge is 0.289 e. The highest BCUT2D eigenvalue weighted by Crippen LogP contribution is 2.23. The number of aryl methyl sites for hydroxylation is 1. The molecule has 1 amide bonds. The summed E-state index contributed by atoms with van der Waals surface area (Å²) in [5.41, 5.74) is 1.18. The van der Waals surface area contributed by atoms with Gasteiger partial charge in [-0.05, 0) is 52.7 Å². The molecular weight excluding hydrogens is 448 g/mol. The van der Waals surface area contributed by atoms with Gasteiger partial charge in [0.05, 0.1) is 11.9 Å². The Morgan fingerprint density at radius 2 is 2.00 bits per heavy atom. The molecular formula is C20H16BrF2N3O3. The third kappa shape index (κ3) is 4.34. The van der Waals surface area contributed by atoms with Crippen LogP contribution in [-0.4, -0.2) is 22.7 Å². The molecule has 0 unspecified atom stereocenters. The average Bonchev–Trinajstić information content (AvgIpc) is 2.70. The van der Waals surface area contributed by atoms with Crippen molar-refractivity contribution in [3.05, 3.63) is 85.7 Å². The first-order valence-electron chi connectivity index (χ1n) is 8.49. The number of carbonyl (C=O) groups excluding carboxylic acids is 1. The summed E-state index contributed by atoms with van der Waals surface area (Å²) in [4.78, 5) is 24.6. The molecule has 1 aromatic heterocycles. The van der Waals surface area contributed by atoms with E-state index in [0.29, 0.717) is 11.3 Å². The van der Waals surface area contributed by atoms with Gasteiger partial charge in [-0.3, -0.25) is 9.59 Å². The zero-order valence-corrected chi connectivity index (χ0v) is 17.1. The molecule has 0 atom stereocenters. The molecule has 29 heavy (non-hydrogen) atoms. The van der Waals surface area contributed by atoms with Crippen LogP contribution in [0.15, 0.2) is 51.9 Å². The van der Waals surface area contributed by atoms with Crippen molar-refractivity contribution in [2.24, 2.45) is 0 Å². The number of nitrogens with one attached hydrogen (secondary N) is 1. The van der Waals surface area contributed by atoms with Crippen LogP contribution >= 0.6 is 15.9 Å². The highest BCUT2D eigenvalue weighted by atomic mass is 79.9. The molecule has 0 radical (unpaired) electrons. The summed E-state index contributed by atoms with van der Waals surface area (Å²) in [6, 6.07) is 8.06. The second-order valence-corrected chi connectivity index (χ2v) is 6.94. The van der Waals surface area contributed by atoms with Crippen LogP contribution < -0.4 is 15.6 Å². The van der Waals surface area contributed by atoms with E-state index in [0.717, 1.165) is 22.4 Å². The molecule has 0 fully saturated rings. The van der Waals surface area contributed by atoms with E-state index in [2.05, 4.69) is 26.3 Å². The minimum atomic E-state index is -0.746. The topological polar surface area (TPSA) is 73.2 Å². The van der Waals surface area contributed by atoms with Crippen molar-refractivity contribution in [1.29, 1.82) is 0 Å². The molecule has 1 heterocycles. The average molecular weight is 464 g/mol. The SMILES string of the molecule is CNC(=O)c1ccc(C)c(-n2ncc(OCc3ccc(F)cc3F)c(Br)c2=O)c1. The lowest BCUT2D eigenvalue weighted by Gasteiger charge is -2.13. The van der Waals surface area contributed by atoms with Crippen LogP contribution in [-0.2, 0) is 6.61 Å². The molecule has 0 spiro atoms. The van der Waals surface area contributed by atoms with Crippen molar-refractivity contribution >= 4 is 21.8 Å². The van der Waals surface area contributed by atoms with Crippen molar-refractivity contribution in [1.82, 2.24) is 15.1 Å². The fourth-order valence-corrected chi connectivity index (χ4v) is 2.99. The third-order valence-corrected chi connectivity index (χ3v) is 4.94. The van der Waals surface area contributed by atoms with Crippen LogP contribution in [0.1, 0.15) is 21.5 Å². The molecule has 0 bridgehead atoms. The van der Waals surface area contributed by atoms with Crippen LogP contribution in [0.4, 0.5) is 8.78 Å². The zero-order chi connectivity index (χ0) is 21.1. The van der Waals surface area contributed by atoms with Crippen LogP contribution in [0.5, 0.6) is 5.75 Å². The number of rotatable bonds is 5. The van der Waals surface area contributed by atoms with E-state index in [1.807, 2.05) is 0 Å². The molecule has 9 heteroatoms. The molecule has 3 aromatic rings. The minimum Gasteiger partial charge on any atom is -0.486 e. The Labute approximate surface area is 173 Å². The molecule has 0 aliphatic rings. The normalized spacial score (nSPS) is 10.7. The second kappa shape index (κ2) is 8.52. The predicted octanol–water partition coefficient (Wildman–Crippen LogP) is 3.52. The molecule has 0 aliphatic heterocycles. The van der Waals surface area contributed by atoms with Crippen molar-refractivity contribution in [2.75, 3.05) is 7.05 Å². The minimum absolute atomic E-state index is 0.0831. The Bertz CT molecular complexity index is 1150. The van der Waals surface area contributed by atoms with Gasteiger partial charge in [-0.2, -0.15) is 9.78 Å². The maximum Gasteiger partial charge on any atom is 0.289 e. The van der Waals surface area contributed by atoms with Gasteiger partial charge in [0.2, 0.25) is 0 Å². The lowest BCUT2D eigenvalue weighted by Crippen LogP contribution is -2.24. The summed E-state index contributed by atoms with van der Waals surface area (Å²) in [6.07, 6.45) is 1.30. The monoisotopic (exact) mass is 463 g/mol. The number of hydrogen-bond acceptors (Lipinski definition) is 4. The van der Waals surface area contributed by atoms with Crippen LogP contribution in [0.25, 0.3) is 5.69 Å². The number of ether oxygens (including phenoxy) is 1. The number of hydrogen-bond donors (Lipinski definition) is 1. The Kier molecular flexibility index (Phi) is 6.07. The second-order valence-electron chi connectivity index (χ2n) is 6.14. The quantitative estimate of drug-likeness (QED) is 0.628. The summed E-state index contributed by atoms with van der Waals surface area (Å²) in [7, 11) is 1.51. The van der Waals surface area contributed by atoms with Gasteiger partial charge in [-0.25, -0.2) is 8.78 Å². The van der Waals surface area contributed by atoms with Gasteiger partial charge in [0, 0.05) is 24.2 Å². The lowest BCUT2D eigenvalue weighted by molar-refractivity contribution is 0.0963. The van der Waals surface area contributed by atoms with E-state index < -0.39 is 17.2 Å². The number of nitrogens with zero attached hydrogens (tertiary/aromatic N) is 2. The third-order valence-electron chi connectivity index (χ3n) is 4.21. The first-order chi connectivity index (χ1) is 13.8. The Balaban J connectivity index is 1.92. The number of carbonyl (C=O) groups is 1. The molecule has 0 saturated heterocycles. The molecule has 6 nitrogen and oxygen atoms in total. The standard InChI is InChI=1S/C20H16BrF2N3O3/c1-11-3-4-12(19(27)24-2)7-16(11)26-20(28)18(21)17(9-25-26)29-10-13-5-6-14(22)8-15(13)23/h3-9H,10H2,1-2H3,(H,24,27). The number of halogens is 3. The van der Waals surface area contributed by atoms with E-state index in [1.165, 1.54) is 19.3 Å². The highest BCUT2D eigenvalue weighted by Gasteiger charge is 2.15. The largest absolute Gasteiger partial charge is 0.486 e. The zero-order valence-electron chi connectivity index (χ0n) is 15.5. The van der Waals surface area contributed by atoms with Crippen LogP contribution in [0.3, 0.4) is 0 Å². The summed E-state index contributed by atoms with van der Waals surface area (Å²) in [6.45, 7) is 1.58. The van der Waals surface area contributed by atoms with Crippen molar-refractivity contribution in [2.45, 2.75) is 13.5 Å². The first kappa shape index (κ1) is 20.7. The fraction of sp³-hybridized carbons (Fsp3) is 0.150. The van der Waals surface area contributed by atoms with E-state index in [9.17, 15) is 18.4 Å². The maximum atomic E-state index is 13.7. The van der Waals surface area contributed by atoms with Crippen molar-refractivity contribution in [3.8, 4) is 11.4 Å². The van der Waals surface area contributed by atoms with E-state index in [-0.39, 0.29) is 28.3 Å². The number of amides is 1. The molecule has 2 aromatic carbocycles. The van der Waals surface area contributed by atoms with E-state index >= 15 is 0 Å². The molecule has 0 aliphatic carbocycles. The van der Waals surface area contributed by atoms with Gasteiger partial charge in [-0.1, -0.05) is 6.07 Å². The maximum absolute atomic E-state index is 13.7. The summed E-state index contributed by atoms with van der Waals surface area (Å²) >= 11 is 3.19. The van der Waals surface area contributed by atoms with Gasteiger partial charge >= 0.3 is 0 Å². The predicted molar refractivity (Wildman–Crippen MR) is 106 cm³/mol. The number of aromatic nitrogens is 2. The Morgan fingerprint density at radius 1 is 1.24 bits per heavy atom. The van der Waals surface area contributed by atoms with Gasteiger partial charge in [0.1, 0.15) is 22.7 Å². The summed E-state index contributed by atoms with van der Waals surface area (Å²) in [5, 5.41) is 6.63. The molecule has 150 valence electrons. The lowest BCUT2D eigenvalue weighted by atomic mass is 10.1. The Morgan fingerprint density at radius 3 is 2.69 bits per heavy atom. The van der Waals surface area contributed by atoms with Crippen LogP contribution in [0, 0.1) is 18.6 Å². The van der Waals surface area contributed by atoms with E-state index in [4.69, 9.17) is 4.74 Å². The van der Waals surface area contributed by atoms with E-state index in [1.54, 1.807) is 25.1 Å². The summed E-state index contributed by atoms with van der Waals surface area (Å²) in [5.74, 6) is -1.62. The van der Waals surface area contributed by atoms with Crippen molar-refractivity contribution < 1.29 is 18.3 Å². The molecule has 3 rings (SSSR count). The van der Waals surface area contributed by atoms with Crippen LogP contribution in [0.2, 0.25) is 0 Å². The first-order valence-corrected chi connectivity index (χ1v) is 9.28. The van der Waals surface area contributed by atoms with Gasteiger partial charge in [0.15, 0.2) is 5.75 Å².